The second-order valence-corrected chi connectivity index (χ2v) is 3.42. The van der Waals surface area contributed by atoms with Crippen LogP contribution in [-0.4, -0.2) is 10.7 Å². The Morgan fingerprint density at radius 2 is 2.00 bits per heavy atom. The smallest absolute Gasteiger partial charge is 0.248 e. The van der Waals surface area contributed by atoms with E-state index in [-0.39, 0.29) is 11.3 Å². The summed E-state index contributed by atoms with van der Waals surface area (Å²) in [7, 11) is 0. The third-order valence-corrected chi connectivity index (χ3v) is 2.23. The maximum atomic E-state index is 11.1. The molecule has 0 radical (unpaired) electrons. The van der Waals surface area contributed by atoms with Crippen LogP contribution in [0.5, 0.6) is 0 Å². The minimum atomic E-state index is -0.253. The highest BCUT2D eigenvalue weighted by Gasteiger charge is 1.98. The van der Waals surface area contributed by atoms with E-state index in [1.54, 1.807) is 36.4 Å². The Morgan fingerprint density at radius 3 is 2.72 bits per heavy atom. The molecule has 1 aromatic heterocycles. The number of pyridine rings is 1. The molecule has 1 heterocycles. The molecule has 0 unspecified atom stereocenters. The van der Waals surface area contributed by atoms with Crippen LogP contribution >= 0.6 is 0 Å². The van der Waals surface area contributed by atoms with E-state index in [1.807, 2.05) is 0 Å². The summed E-state index contributed by atoms with van der Waals surface area (Å²) in [5, 5.41) is 21.5. The fourth-order valence-corrected chi connectivity index (χ4v) is 1.42. The number of aromatic amines is 1. The highest BCUT2D eigenvalue weighted by Crippen LogP contribution is 2.15. The minimum Gasteiger partial charge on any atom is -0.322 e. The van der Waals surface area contributed by atoms with Gasteiger partial charge in [0, 0.05) is 17.0 Å². The van der Waals surface area contributed by atoms with Gasteiger partial charge in [-0.3, -0.25) is 10.2 Å². The first kappa shape index (κ1) is 11.4. The molecule has 0 bridgehead atoms. The van der Waals surface area contributed by atoms with E-state index in [0.29, 0.717) is 11.2 Å². The molecule has 2 N–H and O–H groups in total. The number of aromatic nitrogens is 1. The number of fused-ring (bicyclic) bond motifs is 1. The molecule has 0 saturated carbocycles. The van der Waals surface area contributed by atoms with Crippen LogP contribution < -0.4 is 11.0 Å². The average Bonchev–Trinajstić information content (AvgIpc) is 2.40. The van der Waals surface area contributed by atoms with Crippen molar-refractivity contribution in [3.63, 3.8) is 0 Å². The van der Waals surface area contributed by atoms with Crippen molar-refractivity contribution >= 4 is 22.3 Å². The molecule has 0 amide bonds. The van der Waals surface area contributed by atoms with E-state index < -0.39 is 0 Å². The van der Waals surface area contributed by atoms with Gasteiger partial charge in [-0.1, -0.05) is 0 Å². The van der Waals surface area contributed by atoms with Gasteiger partial charge in [0.1, 0.15) is 12.1 Å². The van der Waals surface area contributed by atoms with Gasteiger partial charge in [-0.05, 0) is 24.3 Å². The molecule has 0 saturated heterocycles. The van der Waals surface area contributed by atoms with Gasteiger partial charge < -0.3 is 4.98 Å². The SMILES string of the molecule is N#CC(C#N)=NNc1ccc2[nH]c(=O)ccc2c1. The average molecular weight is 237 g/mol. The topological polar surface area (TPSA) is 105 Å². The first-order valence-electron chi connectivity index (χ1n) is 5.00. The number of hydrogen-bond donors (Lipinski definition) is 2. The number of nitrogens with zero attached hydrogens (tertiary/aromatic N) is 3. The van der Waals surface area contributed by atoms with Gasteiger partial charge in [-0.2, -0.15) is 15.6 Å². The first-order valence-corrected chi connectivity index (χ1v) is 5.00. The fraction of sp³-hybridized carbons (Fsp3) is 0. The highest BCUT2D eigenvalue weighted by atomic mass is 16.1. The van der Waals surface area contributed by atoms with Gasteiger partial charge in [-0.25, -0.2) is 0 Å². The van der Waals surface area contributed by atoms with E-state index in [2.05, 4.69) is 15.5 Å². The summed E-state index contributed by atoms with van der Waals surface area (Å²) in [5.74, 6) is 0. The van der Waals surface area contributed by atoms with Crippen LogP contribution in [0.2, 0.25) is 0 Å². The number of anilines is 1. The van der Waals surface area contributed by atoms with Crippen molar-refractivity contribution in [2.75, 3.05) is 5.43 Å². The summed E-state index contributed by atoms with van der Waals surface area (Å²) in [6.45, 7) is 0. The van der Waals surface area contributed by atoms with Crippen molar-refractivity contribution in [1.82, 2.24) is 4.98 Å². The molecule has 1 aromatic carbocycles. The number of H-pyrrole nitrogens is 1. The third kappa shape index (κ3) is 2.34. The number of hydrazone groups is 1. The molecule has 0 aliphatic rings. The maximum Gasteiger partial charge on any atom is 0.248 e. The van der Waals surface area contributed by atoms with Gasteiger partial charge in [-0.15, -0.1) is 0 Å². The number of hydrogen-bond acceptors (Lipinski definition) is 5. The first-order chi connectivity index (χ1) is 8.72. The minimum absolute atomic E-state index is 0.169. The Balaban J connectivity index is 2.35. The lowest BCUT2D eigenvalue weighted by molar-refractivity contribution is 1.30. The maximum absolute atomic E-state index is 11.1. The number of nitrogens with one attached hydrogen (secondary N) is 2. The largest absolute Gasteiger partial charge is 0.322 e. The highest BCUT2D eigenvalue weighted by molar-refractivity contribution is 6.10. The van der Waals surface area contributed by atoms with E-state index in [9.17, 15) is 4.79 Å². The summed E-state index contributed by atoms with van der Waals surface area (Å²) in [4.78, 5) is 13.8. The quantitative estimate of drug-likeness (QED) is 0.607. The van der Waals surface area contributed by atoms with Crippen molar-refractivity contribution in [3.05, 3.63) is 40.7 Å². The fourth-order valence-electron chi connectivity index (χ4n) is 1.42. The summed E-state index contributed by atoms with van der Waals surface area (Å²) in [6, 6.07) is 11.5. The number of rotatable bonds is 2. The lowest BCUT2D eigenvalue weighted by Gasteiger charge is -2.02. The van der Waals surface area contributed by atoms with Gasteiger partial charge in [0.05, 0.1) is 5.69 Å². The lowest BCUT2D eigenvalue weighted by Crippen LogP contribution is -2.02. The van der Waals surface area contributed by atoms with Crippen LogP contribution in [0.3, 0.4) is 0 Å². The molecule has 6 nitrogen and oxygen atoms in total. The molecule has 2 rings (SSSR count). The summed E-state index contributed by atoms with van der Waals surface area (Å²) in [6.07, 6.45) is 0. The van der Waals surface area contributed by atoms with Crippen LogP contribution in [0.4, 0.5) is 5.69 Å². The molecule has 86 valence electrons. The Hall–Kier alpha value is -3.12. The van der Waals surface area contributed by atoms with E-state index in [1.165, 1.54) is 6.07 Å². The van der Waals surface area contributed by atoms with Crippen molar-refractivity contribution in [1.29, 1.82) is 10.5 Å². The molecule has 0 atom stereocenters. The predicted octanol–water partition coefficient (Wildman–Crippen LogP) is 1.34. The monoisotopic (exact) mass is 237 g/mol. The van der Waals surface area contributed by atoms with Gasteiger partial charge in [0.2, 0.25) is 11.3 Å². The van der Waals surface area contributed by atoms with Crippen LogP contribution in [0, 0.1) is 22.7 Å². The second-order valence-electron chi connectivity index (χ2n) is 3.42. The van der Waals surface area contributed by atoms with E-state index in [4.69, 9.17) is 10.5 Å². The standard InChI is InChI=1S/C12H7N5O/c13-6-10(7-14)17-16-9-2-3-11-8(5-9)1-4-12(18)15-11/h1-5,16H,(H,15,18). The van der Waals surface area contributed by atoms with Crippen LogP contribution in [0.15, 0.2) is 40.2 Å². The number of nitriles is 2. The summed E-state index contributed by atoms with van der Waals surface area (Å²) in [5.41, 5.74) is 3.51. The Bertz CT molecular complexity index is 744. The molecule has 0 fully saturated rings. The van der Waals surface area contributed by atoms with Crippen molar-refractivity contribution in [2.24, 2.45) is 5.10 Å². The lowest BCUT2D eigenvalue weighted by atomic mass is 10.2. The van der Waals surface area contributed by atoms with E-state index >= 15 is 0 Å². The molecular formula is C12H7N5O. The molecule has 2 aromatic rings. The van der Waals surface area contributed by atoms with Gasteiger partial charge >= 0.3 is 0 Å². The Labute approximate surface area is 102 Å². The van der Waals surface area contributed by atoms with Crippen molar-refractivity contribution in [3.8, 4) is 12.1 Å². The predicted molar refractivity (Wildman–Crippen MR) is 66.9 cm³/mol. The van der Waals surface area contributed by atoms with Crippen LogP contribution in [0.1, 0.15) is 0 Å². The Kier molecular flexibility index (Phi) is 3.04. The van der Waals surface area contributed by atoms with Crippen molar-refractivity contribution in [2.45, 2.75) is 0 Å². The van der Waals surface area contributed by atoms with Crippen molar-refractivity contribution < 1.29 is 0 Å². The molecular weight excluding hydrogens is 230 g/mol. The zero-order valence-corrected chi connectivity index (χ0v) is 9.14. The van der Waals surface area contributed by atoms with Crippen LogP contribution in [0.25, 0.3) is 10.9 Å². The number of benzene rings is 1. The van der Waals surface area contributed by atoms with Gasteiger partial charge in [0.25, 0.3) is 0 Å². The second kappa shape index (κ2) is 4.81. The summed E-state index contributed by atoms with van der Waals surface area (Å²) >= 11 is 0. The molecule has 0 aliphatic carbocycles. The molecule has 6 heteroatoms. The zero-order valence-electron chi connectivity index (χ0n) is 9.14. The Morgan fingerprint density at radius 1 is 1.22 bits per heavy atom. The zero-order chi connectivity index (χ0) is 13.0. The van der Waals surface area contributed by atoms with E-state index in [0.717, 1.165) is 5.39 Å². The molecule has 0 spiro atoms. The normalized spacial score (nSPS) is 9.22. The van der Waals surface area contributed by atoms with Crippen LogP contribution in [-0.2, 0) is 0 Å². The summed E-state index contributed by atoms with van der Waals surface area (Å²) < 4.78 is 0. The third-order valence-electron chi connectivity index (χ3n) is 2.23. The molecule has 18 heavy (non-hydrogen) atoms. The van der Waals surface area contributed by atoms with Gasteiger partial charge in [0.15, 0.2) is 0 Å². The molecule has 0 aliphatic heterocycles.